The van der Waals surface area contributed by atoms with Gasteiger partial charge >= 0.3 is 0 Å². The van der Waals surface area contributed by atoms with Gasteiger partial charge in [0.15, 0.2) is 5.96 Å². The maximum atomic E-state index is 12.1. The summed E-state index contributed by atoms with van der Waals surface area (Å²) in [4.78, 5) is 21.8. The Morgan fingerprint density at radius 3 is 2.66 bits per heavy atom. The van der Waals surface area contributed by atoms with E-state index in [4.69, 9.17) is 9.73 Å². The number of rotatable bonds is 6. The number of halogens is 1. The molecule has 8 heteroatoms. The van der Waals surface area contributed by atoms with Crippen LogP contribution >= 0.6 is 24.0 Å². The maximum Gasteiger partial charge on any atom is 0.251 e. The van der Waals surface area contributed by atoms with Crippen LogP contribution in [0.3, 0.4) is 0 Å². The van der Waals surface area contributed by atoms with Crippen LogP contribution in [-0.4, -0.2) is 80.2 Å². The van der Waals surface area contributed by atoms with Gasteiger partial charge in [0.05, 0.1) is 19.8 Å². The van der Waals surface area contributed by atoms with E-state index in [0.717, 1.165) is 63.9 Å². The van der Waals surface area contributed by atoms with Crippen molar-refractivity contribution in [3.05, 3.63) is 35.4 Å². The number of benzene rings is 1. The summed E-state index contributed by atoms with van der Waals surface area (Å²) in [5.41, 5.74) is 1.73. The van der Waals surface area contributed by atoms with E-state index in [1.807, 2.05) is 31.2 Å². The number of guanidine groups is 1. The van der Waals surface area contributed by atoms with Crippen LogP contribution in [0.25, 0.3) is 0 Å². The van der Waals surface area contributed by atoms with Crippen molar-refractivity contribution in [3.8, 4) is 0 Å². The van der Waals surface area contributed by atoms with E-state index in [-0.39, 0.29) is 29.9 Å². The molecule has 2 aliphatic rings. The molecule has 1 aromatic carbocycles. The first-order chi connectivity index (χ1) is 13.7. The molecule has 1 atom stereocenters. The van der Waals surface area contributed by atoms with Crippen LogP contribution in [0.5, 0.6) is 0 Å². The van der Waals surface area contributed by atoms with Crippen LogP contribution in [0, 0.1) is 0 Å². The fraction of sp³-hybridized carbons (Fsp3) is 0.619. The third-order valence-corrected chi connectivity index (χ3v) is 5.30. The summed E-state index contributed by atoms with van der Waals surface area (Å²) in [5, 5.41) is 6.28. The molecule has 1 unspecified atom stereocenters. The maximum absolute atomic E-state index is 12.1. The average molecular weight is 515 g/mol. The highest BCUT2D eigenvalue weighted by molar-refractivity contribution is 14.0. The van der Waals surface area contributed by atoms with Crippen molar-refractivity contribution in [2.45, 2.75) is 32.9 Å². The van der Waals surface area contributed by atoms with Crippen LogP contribution < -0.4 is 10.6 Å². The van der Waals surface area contributed by atoms with Gasteiger partial charge in [-0.15, -0.1) is 24.0 Å². The molecular weight excluding hydrogens is 481 g/mol. The third kappa shape index (κ3) is 6.82. The second-order valence-corrected chi connectivity index (χ2v) is 7.27. The molecule has 0 aromatic heterocycles. The zero-order chi connectivity index (χ0) is 19.8. The number of ether oxygens (including phenoxy) is 1. The lowest BCUT2D eigenvalue weighted by Gasteiger charge is -2.32. The minimum Gasteiger partial charge on any atom is -0.379 e. The van der Waals surface area contributed by atoms with Crippen LogP contribution in [-0.2, 0) is 11.3 Å². The van der Waals surface area contributed by atoms with Crippen LogP contribution in [0.15, 0.2) is 29.3 Å². The lowest BCUT2D eigenvalue weighted by atomic mass is 10.1. The number of aliphatic imine (C=N–C) groups is 1. The van der Waals surface area contributed by atoms with Gasteiger partial charge < -0.3 is 20.3 Å². The summed E-state index contributed by atoms with van der Waals surface area (Å²) in [6.45, 7) is 11.8. The molecule has 0 aliphatic carbocycles. The van der Waals surface area contributed by atoms with Gasteiger partial charge in [-0.25, -0.2) is 4.99 Å². The van der Waals surface area contributed by atoms with Crippen molar-refractivity contribution in [2.24, 2.45) is 4.99 Å². The Kier molecular flexibility index (Phi) is 10.2. The Labute approximate surface area is 191 Å². The van der Waals surface area contributed by atoms with Gasteiger partial charge in [0.25, 0.3) is 5.91 Å². The standard InChI is InChI=1S/C21H33N5O2.HI/c1-3-22-20(27)18-7-5-6-17(14-18)15-24-21(23-4-2)26-9-8-19(16-26)25-10-12-28-13-11-25;/h5-7,14,19H,3-4,8-13,15-16H2,1-2H3,(H,22,27)(H,23,24);1H. The summed E-state index contributed by atoms with van der Waals surface area (Å²) >= 11 is 0. The number of hydrogen-bond donors (Lipinski definition) is 2. The van der Waals surface area contributed by atoms with E-state index >= 15 is 0 Å². The summed E-state index contributed by atoms with van der Waals surface area (Å²) < 4.78 is 5.48. The molecule has 3 rings (SSSR count). The predicted octanol–water partition coefficient (Wildman–Crippen LogP) is 1.93. The molecule has 0 radical (unpaired) electrons. The van der Waals surface area contributed by atoms with Crippen molar-refractivity contribution >= 4 is 35.8 Å². The van der Waals surface area contributed by atoms with E-state index in [1.165, 1.54) is 0 Å². The number of likely N-dealkylation sites (tertiary alicyclic amines) is 1. The fourth-order valence-corrected chi connectivity index (χ4v) is 3.84. The molecule has 0 saturated carbocycles. The topological polar surface area (TPSA) is 69.2 Å². The summed E-state index contributed by atoms with van der Waals surface area (Å²) in [6, 6.07) is 8.30. The van der Waals surface area contributed by atoms with E-state index in [2.05, 4.69) is 27.4 Å². The monoisotopic (exact) mass is 515 g/mol. The zero-order valence-corrected chi connectivity index (χ0v) is 19.9. The number of carbonyl (C=O) groups excluding carboxylic acids is 1. The molecule has 1 amide bonds. The first-order valence-electron chi connectivity index (χ1n) is 10.4. The van der Waals surface area contributed by atoms with Gasteiger partial charge in [0, 0.05) is 50.9 Å². The smallest absolute Gasteiger partial charge is 0.251 e. The molecule has 2 fully saturated rings. The van der Waals surface area contributed by atoms with Crippen molar-refractivity contribution in [2.75, 3.05) is 52.5 Å². The molecule has 2 saturated heterocycles. The number of hydrogen-bond acceptors (Lipinski definition) is 4. The summed E-state index contributed by atoms with van der Waals surface area (Å²) in [7, 11) is 0. The Morgan fingerprint density at radius 2 is 1.93 bits per heavy atom. The highest BCUT2D eigenvalue weighted by Crippen LogP contribution is 2.17. The Hall–Kier alpha value is -1.39. The molecule has 0 spiro atoms. The highest BCUT2D eigenvalue weighted by atomic mass is 127. The quantitative estimate of drug-likeness (QED) is 0.345. The van der Waals surface area contributed by atoms with Crippen molar-refractivity contribution in [1.82, 2.24) is 20.4 Å². The van der Waals surface area contributed by atoms with E-state index < -0.39 is 0 Å². The van der Waals surface area contributed by atoms with Gasteiger partial charge in [-0.2, -0.15) is 0 Å². The second-order valence-electron chi connectivity index (χ2n) is 7.27. The van der Waals surface area contributed by atoms with E-state index in [9.17, 15) is 4.79 Å². The number of carbonyl (C=O) groups is 1. The Morgan fingerprint density at radius 1 is 1.17 bits per heavy atom. The average Bonchev–Trinajstić information content (AvgIpc) is 3.22. The van der Waals surface area contributed by atoms with Gasteiger partial charge in [-0.1, -0.05) is 12.1 Å². The SMILES string of the molecule is CCNC(=O)c1cccc(CN=C(NCC)N2CCC(N3CCOCC3)C2)c1.I. The van der Waals surface area contributed by atoms with Crippen molar-refractivity contribution < 1.29 is 9.53 Å². The molecule has 29 heavy (non-hydrogen) atoms. The Balaban J connectivity index is 0.00000300. The predicted molar refractivity (Wildman–Crippen MR) is 127 cm³/mol. The molecule has 2 N–H and O–H groups in total. The van der Waals surface area contributed by atoms with E-state index in [1.54, 1.807) is 0 Å². The van der Waals surface area contributed by atoms with Crippen molar-refractivity contribution in [1.29, 1.82) is 0 Å². The molecule has 1 aromatic rings. The van der Waals surface area contributed by atoms with Crippen LogP contribution in [0.1, 0.15) is 36.2 Å². The lowest BCUT2D eigenvalue weighted by Crippen LogP contribution is -2.46. The van der Waals surface area contributed by atoms with Gasteiger partial charge in [-0.05, 0) is 38.0 Å². The minimum atomic E-state index is -0.0341. The van der Waals surface area contributed by atoms with Crippen LogP contribution in [0.4, 0.5) is 0 Å². The summed E-state index contributed by atoms with van der Waals surface area (Å²) in [6.07, 6.45) is 1.16. The number of amides is 1. The molecule has 0 bridgehead atoms. The summed E-state index contributed by atoms with van der Waals surface area (Å²) in [5.74, 6) is 0.926. The first-order valence-corrected chi connectivity index (χ1v) is 10.4. The second kappa shape index (κ2) is 12.3. The first kappa shape index (κ1) is 23.9. The highest BCUT2D eigenvalue weighted by Gasteiger charge is 2.30. The minimum absolute atomic E-state index is 0. The number of morpholine rings is 1. The lowest BCUT2D eigenvalue weighted by molar-refractivity contribution is 0.0195. The fourth-order valence-electron chi connectivity index (χ4n) is 3.84. The van der Waals surface area contributed by atoms with Gasteiger partial charge in [-0.3, -0.25) is 9.69 Å². The normalized spacial score (nSPS) is 20.3. The molecule has 162 valence electrons. The van der Waals surface area contributed by atoms with E-state index in [0.29, 0.717) is 24.7 Å². The largest absolute Gasteiger partial charge is 0.379 e. The molecular formula is C21H34IN5O2. The molecule has 2 aliphatic heterocycles. The van der Waals surface area contributed by atoms with Crippen LogP contribution in [0.2, 0.25) is 0 Å². The van der Waals surface area contributed by atoms with Gasteiger partial charge in [0.1, 0.15) is 0 Å². The zero-order valence-electron chi connectivity index (χ0n) is 17.5. The molecule has 2 heterocycles. The number of nitrogens with one attached hydrogen (secondary N) is 2. The molecule has 7 nitrogen and oxygen atoms in total. The van der Waals surface area contributed by atoms with Crippen molar-refractivity contribution in [3.63, 3.8) is 0 Å². The van der Waals surface area contributed by atoms with Gasteiger partial charge in [0.2, 0.25) is 0 Å². The Bertz CT molecular complexity index is 679. The number of nitrogens with zero attached hydrogens (tertiary/aromatic N) is 3. The third-order valence-electron chi connectivity index (χ3n) is 5.30.